The smallest absolute Gasteiger partial charge is 0.271 e. The number of fused-ring (bicyclic) bond motifs is 1. The van der Waals surface area contributed by atoms with Crippen LogP contribution in [0.2, 0.25) is 0 Å². The number of amides is 1. The Morgan fingerprint density at radius 1 is 0.946 bits per heavy atom. The van der Waals surface area contributed by atoms with Crippen LogP contribution < -0.4 is 5.43 Å². The molecule has 1 aliphatic rings. The summed E-state index contributed by atoms with van der Waals surface area (Å²) in [6.07, 6.45) is 2.81. The summed E-state index contributed by atoms with van der Waals surface area (Å²) in [7, 11) is 0. The van der Waals surface area contributed by atoms with Gasteiger partial charge in [-0.2, -0.15) is 5.10 Å². The van der Waals surface area contributed by atoms with Gasteiger partial charge in [-0.15, -0.1) is 0 Å². The van der Waals surface area contributed by atoms with Crippen molar-refractivity contribution in [2.75, 3.05) is 6.54 Å². The molecule has 0 bridgehead atoms. The van der Waals surface area contributed by atoms with E-state index >= 15 is 0 Å². The lowest BCUT2D eigenvalue weighted by atomic mass is 9.99. The molecule has 188 valence electrons. The van der Waals surface area contributed by atoms with Crippen molar-refractivity contribution in [3.63, 3.8) is 0 Å². The molecule has 5 nitrogen and oxygen atoms in total. The third kappa shape index (κ3) is 5.42. The maximum absolute atomic E-state index is 12.7. The van der Waals surface area contributed by atoms with Crippen molar-refractivity contribution in [3.8, 4) is 5.69 Å². The minimum Gasteiger partial charge on any atom is -0.318 e. The summed E-state index contributed by atoms with van der Waals surface area (Å²) in [6.45, 7) is 11.3. The first-order valence-corrected chi connectivity index (χ1v) is 12.9. The number of hydrogen-bond donors (Lipinski definition) is 1. The number of nitrogens with one attached hydrogen (secondary N) is 1. The quantitative estimate of drug-likeness (QED) is 0.265. The van der Waals surface area contributed by atoms with E-state index in [1.54, 1.807) is 6.21 Å². The maximum Gasteiger partial charge on any atom is 0.271 e. The normalized spacial score (nSPS) is 13.6. The Morgan fingerprint density at radius 2 is 1.70 bits per heavy atom. The summed E-state index contributed by atoms with van der Waals surface area (Å²) in [4.78, 5) is 15.1. The number of nitrogens with zero attached hydrogens (tertiary/aromatic N) is 3. The highest BCUT2D eigenvalue weighted by Gasteiger charge is 2.16. The van der Waals surface area contributed by atoms with Gasteiger partial charge < -0.3 is 4.57 Å². The molecule has 0 radical (unpaired) electrons. The summed E-state index contributed by atoms with van der Waals surface area (Å²) in [5, 5.41) is 4.25. The standard InChI is InChI=1S/C32H34N4O/c1-22-9-14-31(23(2)17-22)36-24(3)18-30(25(36)4)19-33-34-32(37)28-12-10-26(11-13-28)20-35-16-15-27-7-5-6-8-29(27)21-35/h5-14,17-19H,15-16,20-21H2,1-4H3,(H,34,37)/b33-19+. The van der Waals surface area contributed by atoms with E-state index in [4.69, 9.17) is 0 Å². The third-order valence-corrected chi connectivity index (χ3v) is 7.27. The van der Waals surface area contributed by atoms with Crippen LogP contribution in [0.3, 0.4) is 0 Å². The lowest BCUT2D eigenvalue weighted by molar-refractivity contribution is 0.0955. The molecule has 5 heteroatoms. The van der Waals surface area contributed by atoms with Gasteiger partial charge >= 0.3 is 0 Å². The molecular weight excluding hydrogens is 456 g/mol. The van der Waals surface area contributed by atoms with Crippen molar-refractivity contribution in [3.05, 3.63) is 123 Å². The van der Waals surface area contributed by atoms with Crippen molar-refractivity contribution in [1.82, 2.24) is 14.9 Å². The first-order valence-electron chi connectivity index (χ1n) is 12.9. The third-order valence-electron chi connectivity index (χ3n) is 7.27. The summed E-state index contributed by atoms with van der Waals surface area (Å²) >= 11 is 0. The van der Waals surface area contributed by atoms with Crippen LogP contribution in [0, 0.1) is 27.7 Å². The number of benzene rings is 3. The molecule has 5 rings (SSSR count). The van der Waals surface area contributed by atoms with Crippen LogP contribution in [0.5, 0.6) is 0 Å². The van der Waals surface area contributed by atoms with Gasteiger partial charge in [-0.05, 0) is 80.6 Å². The second kappa shape index (κ2) is 10.6. The molecule has 3 aromatic carbocycles. The zero-order valence-corrected chi connectivity index (χ0v) is 22.1. The molecule has 0 saturated carbocycles. The molecule has 4 aromatic rings. The van der Waals surface area contributed by atoms with Gasteiger partial charge in [0, 0.05) is 47.8 Å². The molecule has 0 spiro atoms. The van der Waals surface area contributed by atoms with E-state index < -0.39 is 0 Å². The molecular formula is C32H34N4O. The van der Waals surface area contributed by atoms with E-state index in [9.17, 15) is 4.79 Å². The van der Waals surface area contributed by atoms with Crippen LogP contribution in [-0.2, 0) is 19.5 Å². The molecule has 1 N–H and O–H groups in total. The van der Waals surface area contributed by atoms with Gasteiger partial charge in [-0.25, -0.2) is 5.43 Å². The highest BCUT2D eigenvalue weighted by molar-refractivity contribution is 5.95. The fraction of sp³-hybridized carbons (Fsp3) is 0.250. The second-order valence-corrected chi connectivity index (χ2v) is 10.1. The summed E-state index contributed by atoms with van der Waals surface area (Å²) in [6, 6.07) is 25.1. The molecule has 0 aliphatic carbocycles. The Balaban J connectivity index is 1.20. The molecule has 1 aromatic heterocycles. The summed E-state index contributed by atoms with van der Waals surface area (Å²) in [5.74, 6) is -0.210. The monoisotopic (exact) mass is 490 g/mol. The van der Waals surface area contributed by atoms with Crippen LogP contribution in [0.4, 0.5) is 0 Å². The van der Waals surface area contributed by atoms with Crippen LogP contribution >= 0.6 is 0 Å². The summed E-state index contributed by atoms with van der Waals surface area (Å²) in [5.41, 5.74) is 14.2. The molecule has 0 atom stereocenters. The fourth-order valence-corrected chi connectivity index (χ4v) is 5.28. The lowest BCUT2D eigenvalue weighted by Crippen LogP contribution is -2.30. The zero-order chi connectivity index (χ0) is 25.9. The molecule has 1 amide bonds. The van der Waals surface area contributed by atoms with Crippen molar-refractivity contribution < 1.29 is 4.79 Å². The zero-order valence-electron chi connectivity index (χ0n) is 22.1. The lowest BCUT2D eigenvalue weighted by Gasteiger charge is -2.28. The Morgan fingerprint density at radius 3 is 2.46 bits per heavy atom. The van der Waals surface area contributed by atoms with Crippen LogP contribution in [0.25, 0.3) is 5.69 Å². The van der Waals surface area contributed by atoms with Crippen molar-refractivity contribution in [2.45, 2.75) is 47.2 Å². The number of rotatable bonds is 6. The predicted molar refractivity (Wildman–Crippen MR) is 150 cm³/mol. The van der Waals surface area contributed by atoms with Crippen molar-refractivity contribution in [1.29, 1.82) is 0 Å². The van der Waals surface area contributed by atoms with E-state index in [0.717, 1.165) is 48.7 Å². The van der Waals surface area contributed by atoms with E-state index in [2.05, 4.69) is 96.2 Å². The fourth-order valence-electron chi connectivity index (χ4n) is 5.28. The molecule has 37 heavy (non-hydrogen) atoms. The van der Waals surface area contributed by atoms with E-state index in [1.165, 1.54) is 27.8 Å². The van der Waals surface area contributed by atoms with Crippen molar-refractivity contribution in [2.24, 2.45) is 5.10 Å². The average molecular weight is 491 g/mol. The average Bonchev–Trinajstić information content (AvgIpc) is 3.17. The Kier molecular flexibility index (Phi) is 7.06. The SMILES string of the molecule is Cc1ccc(-n2c(C)cc(/C=N/NC(=O)c3ccc(CN4CCc5ccccc5C4)cc3)c2C)c(C)c1. The number of aromatic nitrogens is 1. The first-order chi connectivity index (χ1) is 17.9. The minimum atomic E-state index is -0.210. The van der Waals surface area contributed by atoms with Gasteiger partial charge in [-0.1, -0.05) is 54.1 Å². The number of carbonyl (C=O) groups is 1. The van der Waals surface area contributed by atoms with Gasteiger partial charge in [0.15, 0.2) is 0 Å². The molecule has 1 aliphatic heterocycles. The minimum absolute atomic E-state index is 0.210. The highest BCUT2D eigenvalue weighted by atomic mass is 16.2. The number of hydrogen-bond acceptors (Lipinski definition) is 3. The van der Waals surface area contributed by atoms with Gasteiger partial charge in [-0.3, -0.25) is 9.69 Å². The Labute approximate surface area is 219 Å². The van der Waals surface area contributed by atoms with Crippen LogP contribution in [-0.4, -0.2) is 28.1 Å². The second-order valence-electron chi connectivity index (χ2n) is 10.1. The van der Waals surface area contributed by atoms with Crippen LogP contribution in [0.15, 0.2) is 77.9 Å². The molecule has 2 heterocycles. The summed E-state index contributed by atoms with van der Waals surface area (Å²) < 4.78 is 2.23. The number of aryl methyl sites for hydroxylation is 3. The highest BCUT2D eigenvalue weighted by Crippen LogP contribution is 2.23. The molecule has 0 fully saturated rings. The van der Waals surface area contributed by atoms with E-state index in [-0.39, 0.29) is 5.91 Å². The van der Waals surface area contributed by atoms with Crippen LogP contribution in [0.1, 0.15) is 55.1 Å². The van der Waals surface area contributed by atoms with E-state index in [1.807, 2.05) is 24.3 Å². The van der Waals surface area contributed by atoms with Gasteiger partial charge in [0.25, 0.3) is 5.91 Å². The number of hydrazone groups is 1. The number of carbonyl (C=O) groups excluding carboxylic acids is 1. The van der Waals surface area contributed by atoms with Gasteiger partial charge in [0.05, 0.1) is 6.21 Å². The van der Waals surface area contributed by atoms with Gasteiger partial charge in [0.2, 0.25) is 0 Å². The Bertz CT molecular complexity index is 1460. The predicted octanol–water partition coefficient (Wildman–Crippen LogP) is 6.03. The largest absolute Gasteiger partial charge is 0.318 e. The molecule has 0 unspecified atom stereocenters. The molecule has 0 saturated heterocycles. The maximum atomic E-state index is 12.7. The van der Waals surface area contributed by atoms with Gasteiger partial charge in [0.1, 0.15) is 0 Å². The van der Waals surface area contributed by atoms with Crippen molar-refractivity contribution >= 4 is 12.1 Å². The Hall–Kier alpha value is -3.96. The topological polar surface area (TPSA) is 49.6 Å². The first kappa shape index (κ1) is 24.7. The van der Waals surface area contributed by atoms with E-state index in [0.29, 0.717) is 5.56 Å².